The second-order valence-electron chi connectivity index (χ2n) is 3.53. The Kier molecular flexibility index (Phi) is 4.73. The van der Waals surface area contributed by atoms with Crippen molar-refractivity contribution in [2.75, 3.05) is 29.9 Å². The Hall–Kier alpha value is -1.32. The number of hydrogen-bond acceptors (Lipinski definition) is 6. The van der Waals surface area contributed by atoms with Gasteiger partial charge in [0.15, 0.2) is 0 Å². The molecule has 0 aliphatic heterocycles. The van der Waals surface area contributed by atoms with Gasteiger partial charge in [0.25, 0.3) is 10.1 Å². The van der Waals surface area contributed by atoms with Crippen molar-refractivity contribution in [3.05, 3.63) is 6.20 Å². The highest BCUT2D eigenvalue weighted by Crippen LogP contribution is 2.17. The summed E-state index contributed by atoms with van der Waals surface area (Å²) in [7, 11) is -3.93. The molecular weight excluding hydrogens is 246 g/mol. The zero-order valence-electron chi connectivity index (χ0n) is 9.33. The van der Waals surface area contributed by atoms with Gasteiger partial charge in [-0.25, -0.2) is 4.68 Å². The second-order valence-corrected chi connectivity index (χ2v) is 5.10. The predicted octanol–water partition coefficient (Wildman–Crippen LogP) is -0.886. The molecule has 0 atom stereocenters. The van der Waals surface area contributed by atoms with Crippen LogP contribution in [-0.2, 0) is 16.7 Å². The lowest BCUT2D eigenvalue weighted by Crippen LogP contribution is -2.17. The van der Waals surface area contributed by atoms with Crippen molar-refractivity contribution >= 4 is 21.6 Å². The molecule has 8 nitrogen and oxygen atoms in total. The molecule has 0 saturated heterocycles. The van der Waals surface area contributed by atoms with E-state index in [0.29, 0.717) is 31.1 Å². The molecule has 1 aromatic heterocycles. The number of rotatable bonds is 7. The molecule has 17 heavy (non-hydrogen) atoms. The quantitative estimate of drug-likeness (QED) is 0.468. The van der Waals surface area contributed by atoms with E-state index in [-0.39, 0.29) is 12.2 Å². The first-order valence-corrected chi connectivity index (χ1v) is 6.75. The normalized spacial score (nSPS) is 11.6. The molecule has 0 amide bonds. The van der Waals surface area contributed by atoms with Crippen molar-refractivity contribution in [3.63, 3.8) is 0 Å². The molecule has 1 rings (SSSR count). The maximum absolute atomic E-state index is 10.6. The van der Waals surface area contributed by atoms with Crippen LogP contribution in [0.5, 0.6) is 0 Å². The summed E-state index contributed by atoms with van der Waals surface area (Å²) in [6.45, 7) is 1.35. The van der Waals surface area contributed by atoms with Gasteiger partial charge in [0.2, 0.25) is 0 Å². The van der Waals surface area contributed by atoms with Gasteiger partial charge in [-0.1, -0.05) is 0 Å². The van der Waals surface area contributed by atoms with Crippen LogP contribution in [0.15, 0.2) is 6.20 Å². The number of nitrogens with zero attached hydrogens (tertiary/aromatic N) is 2. The number of nitrogen functional groups attached to an aromatic ring is 1. The van der Waals surface area contributed by atoms with Crippen LogP contribution < -0.4 is 16.8 Å². The Labute approximate surface area is 99.7 Å². The average Bonchev–Trinajstić information content (AvgIpc) is 2.55. The maximum Gasteiger partial charge on any atom is 0.264 e. The van der Waals surface area contributed by atoms with E-state index in [0.717, 1.165) is 0 Å². The summed E-state index contributed by atoms with van der Waals surface area (Å²) in [6, 6.07) is 0. The minimum absolute atomic E-state index is 0.261. The van der Waals surface area contributed by atoms with E-state index in [1.54, 1.807) is 4.68 Å². The Morgan fingerprint density at radius 1 is 1.53 bits per heavy atom. The van der Waals surface area contributed by atoms with Gasteiger partial charge < -0.3 is 16.8 Å². The number of aromatic nitrogens is 2. The minimum atomic E-state index is -3.93. The zero-order chi connectivity index (χ0) is 12.9. The van der Waals surface area contributed by atoms with Crippen LogP contribution in [0.25, 0.3) is 0 Å². The molecule has 0 saturated carbocycles. The topological polar surface area (TPSA) is 136 Å². The van der Waals surface area contributed by atoms with Crippen molar-refractivity contribution in [1.29, 1.82) is 0 Å². The molecule has 6 N–H and O–H groups in total. The van der Waals surface area contributed by atoms with Crippen LogP contribution in [0.2, 0.25) is 0 Å². The Morgan fingerprint density at radius 3 is 2.82 bits per heavy atom. The first-order valence-electron chi connectivity index (χ1n) is 5.14. The summed E-state index contributed by atoms with van der Waals surface area (Å²) in [5, 5.41) is 7.00. The first kappa shape index (κ1) is 13.7. The van der Waals surface area contributed by atoms with Crippen LogP contribution in [0.1, 0.15) is 6.42 Å². The highest BCUT2D eigenvalue weighted by atomic mass is 32.2. The molecule has 0 spiro atoms. The molecule has 0 radical (unpaired) electrons. The van der Waals surface area contributed by atoms with Crippen molar-refractivity contribution in [1.82, 2.24) is 9.78 Å². The fourth-order valence-electron chi connectivity index (χ4n) is 1.35. The van der Waals surface area contributed by atoms with E-state index in [4.69, 9.17) is 16.0 Å². The lowest BCUT2D eigenvalue weighted by Gasteiger charge is -2.09. The third-order valence-corrected chi connectivity index (χ3v) is 2.88. The smallest absolute Gasteiger partial charge is 0.264 e. The number of anilines is 2. The molecule has 1 aromatic rings. The fraction of sp³-hybridized carbons (Fsp3) is 0.625. The fourth-order valence-corrected chi connectivity index (χ4v) is 1.84. The van der Waals surface area contributed by atoms with E-state index < -0.39 is 10.1 Å². The first-order chi connectivity index (χ1) is 7.94. The number of aryl methyl sites for hydroxylation is 1. The van der Waals surface area contributed by atoms with E-state index in [2.05, 4.69) is 10.4 Å². The van der Waals surface area contributed by atoms with Gasteiger partial charge in [0, 0.05) is 19.6 Å². The maximum atomic E-state index is 10.6. The van der Waals surface area contributed by atoms with Crippen molar-refractivity contribution < 1.29 is 13.0 Å². The second kappa shape index (κ2) is 5.84. The van der Waals surface area contributed by atoms with Gasteiger partial charge in [-0.2, -0.15) is 13.5 Å². The molecule has 0 aliphatic carbocycles. The predicted molar refractivity (Wildman–Crippen MR) is 65.2 cm³/mol. The van der Waals surface area contributed by atoms with E-state index in [1.807, 2.05) is 0 Å². The third-order valence-electron chi connectivity index (χ3n) is 2.08. The standard InChI is InChI=1S/C8H17N5O3S/c9-2-3-11-8-7(10)6-12-13(8)4-1-5-17(14,15)16/h6,11H,1-5,9-10H2,(H,14,15,16). The summed E-state index contributed by atoms with van der Waals surface area (Å²) in [6.07, 6.45) is 1.74. The Balaban J connectivity index is 2.58. The lowest BCUT2D eigenvalue weighted by atomic mass is 10.4. The van der Waals surface area contributed by atoms with Crippen molar-refractivity contribution in [2.45, 2.75) is 13.0 Å². The van der Waals surface area contributed by atoms with Crippen LogP contribution in [-0.4, -0.2) is 41.6 Å². The molecule has 98 valence electrons. The molecule has 0 unspecified atom stereocenters. The highest BCUT2D eigenvalue weighted by molar-refractivity contribution is 7.85. The highest BCUT2D eigenvalue weighted by Gasteiger charge is 2.09. The molecule has 0 bridgehead atoms. The van der Waals surface area contributed by atoms with Gasteiger partial charge in [-0.15, -0.1) is 0 Å². The summed E-state index contributed by atoms with van der Waals surface area (Å²) in [4.78, 5) is 0. The number of nitrogens with two attached hydrogens (primary N) is 2. The van der Waals surface area contributed by atoms with Crippen LogP contribution >= 0.6 is 0 Å². The molecule has 0 fully saturated rings. The van der Waals surface area contributed by atoms with E-state index >= 15 is 0 Å². The number of nitrogens with one attached hydrogen (secondary N) is 1. The van der Waals surface area contributed by atoms with Crippen molar-refractivity contribution in [2.24, 2.45) is 5.73 Å². The third kappa shape index (κ3) is 4.59. The molecule has 9 heteroatoms. The molecular formula is C8H17N5O3S. The van der Waals surface area contributed by atoms with Crippen LogP contribution in [0, 0.1) is 0 Å². The summed E-state index contributed by atoms with van der Waals surface area (Å²) in [5.74, 6) is 0.314. The average molecular weight is 263 g/mol. The number of hydrogen-bond donors (Lipinski definition) is 4. The van der Waals surface area contributed by atoms with Gasteiger partial charge in [0.05, 0.1) is 17.6 Å². The van der Waals surface area contributed by atoms with Gasteiger partial charge in [-0.3, -0.25) is 4.55 Å². The Bertz CT molecular complexity index is 456. The Morgan fingerprint density at radius 2 is 2.24 bits per heavy atom. The molecule has 1 heterocycles. The largest absolute Gasteiger partial charge is 0.394 e. The van der Waals surface area contributed by atoms with E-state index in [9.17, 15) is 8.42 Å². The van der Waals surface area contributed by atoms with Crippen LogP contribution in [0.3, 0.4) is 0 Å². The SMILES string of the molecule is NCCNc1c(N)cnn1CCCS(=O)(=O)O. The minimum Gasteiger partial charge on any atom is -0.394 e. The summed E-state index contributed by atoms with van der Waals surface area (Å²) < 4.78 is 31.3. The van der Waals surface area contributed by atoms with Gasteiger partial charge in [-0.05, 0) is 6.42 Å². The zero-order valence-corrected chi connectivity index (χ0v) is 10.2. The van der Waals surface area contributed by atoms with Crippen molar-refractivity contribution in [3.8, 4) is 0 Å². The van der Waals surface area contributed by atoms with Crippen LogP contribution in [0.4, 0.5) is 11.5 Å². The van der Waals surface area contributed by atoms with E-state index in [1.165, 1.54) is 6.20 Å². The monoisotopic (exact) mass is 263 g/mol. The lowest BCUT2D eigenvalue weighted by molar-refractivity contribution is 0.476. The van der Waals surface area contributed by atoms with Gasteiger partial charge >= 0.3 is 0 Å². The summed E-state index contributed by atoms with van der Waals surface area (Å²) >= 11 is 0. The molecule has 0 aliphatic rings. The summed E-state index contributed by atoms with van der Waals surface area (Å²) in [5.41, 5.74) is 11.5. The van der Waals surface area contributed by atoms with Gasteiger partial charge in [0.1, 0.15) is 5.82 Å². The molecule has 0 aromatic carbocycles.